The highest BCUT2D eigenvalue weighted by atomic mass is 79.9. The first kappa shape index (κ1) is 22.0. The second kappa shape index (κ2) is 12.2. The van der Waals surface area contributed by atoms with Gasteiger partial charge in [-0.1, -0.05) is 77.3 Å². The average Bonchev–Trinajstić information content (AvgIpc) is 2.63. The summed E-state index contributed by atoms with van der Waals surface area (Å²) in [5.74, 6) is 0. The molecule has 0 spiro atoms. The lowest BCUT2D eigenvalue weighted by atomic mass is 9.93. The van der Waals surface area contributed by atoms with E-state index in [1.165, 1.54) is 98.9 Å². The average molecular weight is 482 g/mol. The SMILES string of the molecule is CCCCCCCc1ccc(CCCCCCC)c2cc(Br)c(Br)cc12. The summed E-state index contributed by atoms with van der Waals surface area (Å²) in [7, 11) is 0. The Morgan fingerprint density at radius 2 is 0.962 bits per heavy atom. The number of hydrogen-bond donors (Lipinski definition) is 0. The second-order valence-electron chi connectivity index (χ2n) is 7.52. The topological polar surface area (TPSA) is 0 Å². The molecule has 2 rings (SSSR count). The van der Waals surface area contributed by atoms with E-state index in [2.05, 4.69) is 70.0 Å². The maximum absolute atomic E-state index is 3.71. The lowest BCUT2D eigenvalue weighted by molar-refractivity contribution is 0.631. The molecule has 0 nitrogen and oxygen atoms in total. The lowest BCUT2D eigenvalue weighted by Crippen LogP contribution is -1.94. The minimum Gasteiger partial charge on any atom is -0.0654 e. The van der Waals surface area contributed by atoms with Gasteiger partial charge in [0.1, 0.15) is 0 Å². The van der Waals surface area contributed by atoms with E-state index in [1.54, 1.807) is 0 Å². The van der Waals surface area contributed by atoms with E-state index in [-0.39, 0.29) is 0 Å². The van der Waals surface area contributed by atoms with Crippen LogP contribution < -0.4 is 0 Å². The van der Waals surface area contributed by atoms with Crippen LogP contribution in [-0.2, 0) is 12.8 Å². The molecule has 2 aromatic rings. The van der Waals surface area contributed by atoms with E-state index >= 15 is 0 Å². The molecule has 0 N–H and O–H groups in total. The third kappa shape index (κ3) is 6.68. The Labute approximate surface area is 177 Å². The quantitative estimate of drug-likeness (QED) is 0.265. The van der Waals surface area contributed by atoms with Crippen molar-refractivity contribution in [1.82, 2.24) is 0 Å². The Bertz CT molecular complexity index is 617. The molecule has 0 aliphatic heterocycles. The summed E-state index contributed by atoms with van der Waals surface area (Å²) < 4.78 is 2.33. The highest BCUT2D eigenvalue weighted by molar-refractivity contribution is 9.13. The fraction of sp³-hybridized carbons (Fsp3) is 0.583. The Kier molecular flexibility index (Phi) is 10.3. The van der Waals surface area contributed by atoms with Crippen molar-refractivity contribution in [1.29, 1.82) is 0 Å². The van der Waals surface area contributed by atoms with E-state index in [4.69, 9.17) is 0 Å². The van der Waals surface area contributed by atoms with Crippen LogP contribution in [-0.4, -0.2) is 0 Å². The Hall–Kier alpha value is -0.340. The molecule has 0 unspecified atom stereocenters. The molecule has 2 aromatic carbocycles. The van der Waals surface area contributed by atoms with Gasteiger partial charge in [-0.2, -0.15) is 0 Å². The zero-order valence-corrected chi connectivity index (χ0v) is 19.7. The highest BCUT2D eigenvalue weighted by Crippen LogP contribution is 2.33. The van der Waals surface area contributed by atoms with Crippen molar-refractivity contribution in [2.45, 2.75) is 90.9 Å². The van der Waals surface area contributed by atoms with Crippen molar-refractivity contribution in [3.8, 4) is 0 Å². The lowest BCUT2D eigenvalue weighted by Gasteiger charge is -2.13. The molecule has 0 aromatic heterocycles. The molecule has 2 heteroatoms. The molecule has 0 heterocycles. The maximum Gasteiger partial charge on any atom is 0.0323 e. The van der Waals surface area contributed by atoms with Gasteiger partial charge in [0, 0.05) is 8.95 Å². The summed E-state index contributed by atoms with van der Waals surface area (Å²) >= 11 is 7.42. The number of benzene rings is 2. The maximum atomic E-state index is 3.71. The zero-order valence-electron chi connectivity index (χ0n) is 16.6. The molecule has 0 radical (unpaired) electrons. The van der Waals surface area contributed by atoms with Gasteiger partial charge in [-0.25, -0.2) is 0 Å². The summed E-state index contributed by atoms with van der Waals surface area (Å²) in [6, 6.07) is 9.43. The third-order valence-corrected chi connectivity index (χ3v) is 7.18. The van der Waals surface area contributed by atoms with Gasteiger partial charge in [-0.05, 0) is 91.6 Å². The van der Waals surface area contributed by atoms with Crippen molar-refractivity contribution in [2.24, 2.45) is 0 Å². The standard InChI is InChI=1S/C24H34Br2/c1-3-5-7-9-11-13-19-15-16-20(14-12-10-8-6-4-2)22-18-24(26)23(25)17-21(19)22/h15-18H,3-14H2,1-2H3. The number of halogens is 2. The van der Waals surface area contributed by atoms with Gasteiger partial charge in [-0.15, -0.1) is 0 Å². The Morgan fingerprint density at radius 1 is 0.577 bits per heavy atom. The van der Waals surface area contributed by atoms with Crippen LogP contribution in [0.4, 0.5) is 0 Å². The number of rotatable bonds is 12. The van der Waals surface area contributed by atoms with Crippen molar-refractivity contribution in [3.05, 3.63) is 44.3 Å². The minimum absolute atomic E-state index is 1.16. The van der Waals surface area contributed by atoms with Crippen LogP contribution in [0, 0.1) is 0 Å². The summed E-state index contributed by atoms with van der Waals surface area (Å²) in [5, 5.41) is 2.89. The Morgan fingerprint density at radius 3 is 1.35 bits per heavy atom. The molecule has 0 amide bonds. The van der Waals surface area contributed by atoms with E-state index in [1.807, 2.05) is 0 Å². The molecule has 0 bridgehead atoms. The number of fused-ring (bicyclic) bond motifs is 1. The molecule has 0 aliphatic carbocycles. The zero-order chi connectivity index (χ0) is 18.8. The van der Waals surface area contributed by atoms with E-state index in [0.29, 0.717) is 0 Å². The minimum atomic E-state index is 1.16. The predicted molar refractivity (Wildman–Crippen MR) is 124 cm³/mol. The van der Waals surface area contributed by atoms with E-state index in [0.717, 1.165) is 8.95 Å². The van der Waals surface area contributed by atoms with Crippen LogP contribution in [0.25, 0.3) is 10.8 Å². The molecule has 144 valence electrons. The molecular weight excluding hydrogens is 448 g/mol. The van der Waals surface area contributed by atoms with Gasteiger partial charge in [-0.3, -0.25) is 0 Å². The van der Waals surface area contributed by atoms with Gasteiger partial charge in [0.15, 0.2) is 0 Å². The highest BCUT2D eigenvalue weighted by Gasteiger charge is 2.09. The smallest absolute Gasteiger partial charge is 0.0323 e. The third-order valence-electron chi connectivity index (χ3n) is 5.34. The molecule has 0 saturated heterocycles. The van der Waals surface area contributed by atoms with E-state index in [9.17, 15) is 0 Å². The fourth-order valence-corrected chi connectivity index (χ4v) is 4.42. The van der Waals surface area contributed by atoms with Crippen LogP contribution in [0.3, 0.4) is 0 Å². The molecular formula is C24H34Br2. The van der Waals surface area contributed by atoms with Crippen LogP contribution in [0.5, 0.6) is 0 Å². The van der Waals surface area contributed by atoms with Crippen LogP contribution in [0.1, 0.15) is 89.2 Å². The van der Waals surface area contributed by atoms with Crippen molar-refractivity contribution < 1.29 is 0 Å². The number of hydrogen-bond acceptors (Lipinski definition) is 0. The first-order valence-corrected chi connectivity index (χ1v) is 12.2. The van der Waals surface area contributed by atoms with Crippen molar-refractivity contribution in [2.75, 3.05) is 0 Å². The van der Waals surface area contributed by atoms with E-state index < -0.39 is 0 Å². The first-order chi connectivity index (χ1) is 12.7. The van der Waals surface area contributed by atoms with Crippen molar-refractivity contribution >= 4 is 42.6 Å². The van der Waals surface area contributed by atoms with Gasteiger partial charge in [0.25, 0.3) is 0 Å². The summed E-state index contributed by atoms with van der Waals surface area (Å²) in [6.07, 6.45) is 15.8. The van der Waals surface area contributed by atoms with Gasteiger partial charge in [0.2, 0.25) is 0 Å². The van der Waals surface area contributed by atoms with Gasteiger partial charge in [0.05, 0.1) is 0 Å². The van der Waals surface area contributed by atoms with Crippen molar-refractivity contribution in [3.63, 3.8) is 0 Å². The normalized spacial score (nSPS) is 11.4. The monoisotopic (exact) mass is 480 g/mol. The second-order valence-corrected chi connectivity index (χ2v) is 9.23. The number of aryl methyl sites for hydroxylation is 2. The Balaban J connectivity index is 2.12. The van der Waals surface area contributed by atoms with Crippen LogP contribution in [0.15, 0.2) is 33.2 Å². The number of unbranched alkanes of at least 4 members (excludes halogenated alkanes) is 8. The summed E-state index contributed by atoms with van der Waals surface area (Å²) in [6.45, 7) is 4.56. The van der Waals surface area contributed by atoms with Gasteiger partial charge >= 0.3 is 0 Å². The fourth-order valence-electron chi connectivity index (χ4n) is 3.73. The summed E-state index contributed by atoms with van der Waals surface area (Å²) in [5.41, 5.74) is 3.03. The largest absolute Gasteiger partial charge is 0.0654 e. The van der Waals surface area contributed by atoms with Gasteiger partial charge < -0.3 is 0 Å². The molecule has 0 fully saturated rings. The van der Waals surface area contributed by atoms with Crippen LogP contribution >= 0.6 is 31.9 Å². The first-order valence-electron chi connectivity index (χ1n) is 10.6. The predicted octanol–water partition coefficient (Wildman–Crippen LogP) is 9.39. The summed E-state index contributed by atoms with van der Waals surface area (Å²) in [4.78, 5) is 0. The molecule has 26 heavy (non-hydrogen) atoms. The molecule has 0 aliphatic rings. The molecule has 0 atom stereocenters. The van der Waals surface area contributed by atoms with Crippen LogP contribution in [0.2, 0.25) is 0 Å². The molecule has 0 saturated carbocycles.